The highest BCUT2D eigenvalue weighted by Gasteiger charge is 2.11. The van der Waals surface area contributed by atoms with Crippen LogP contribution in [0.3, 0.4) is 0 Å². The number of rotatable bonds is 2. The average Bonchev–Trinajstić information content (AvgIpc) is 2.27. The lowest BCUT2D eigenvalue weighted by atomic mass is 10.00. The Morgan fingerprint density at radius 3 is 2.40 bits per heavy atom. The molecule has 0 atom stereocenters. The van der Waals surface area contributed by atoms with E-state index in [4.69, 9.17) is 5.11 Å². The highest BCUT2D eigenvalue weighted by molar-refractivity contribution is 6.10. The fraction of sp³-hybridized carbons (Fsp3) is 0. The molecule has 2 rings (SSSR count). The molecular weight excluding hydrogens is 192 g/mol. The second-order valence-electron chi connectivity index (χ2n) is 3.12. The third kappa shape index (κ3) is 1.48. The molecule has 73 valence electrons. The van der Waals surface area contributed by atoms with Gasteiger partial charge in [-0.05, 0) is 11.5 Å². The van der Waals surface area contributed by atoms with Crippen LogP contribution in [-0.4, -0.2) is 17.4 Å². The van der Waals surface area contributed by atoms with E-state index in [0.717, 1.165) is 5.39 Å². The monoisotopic (exact) mass is 199 g/mol. The van der Waals surface area contributed by atoms with E-state index in [9.17, 15) is 9.59 Å². The number of hydrogen-bond donors (Lipinski definition) is 1. The minimum Gasteiger partial charge on any atom is -0.478 e. The van der Waals surface area contributed by atoms with E-state index < -0.39 is 5.97 Å². The maximum atomic E-state index is 11.0. The molecule has 2 aromatic rings. The van der Waals surface area contributed by atoms with E-state index in [-0.39, 0.29) is 11.1 Å². The van der Waals surface area contributed by atoms with E-state index in [2.05, 4.69) is 0 Å². The van der Waals surface area contributed by atoms with Gasteiger partial charge in [-0.25, -0.2) is 4.79 Å². The van der Waals surface area contributed by atoms with Gasteiger partial charge in [0.25, 0.3) is 0 Å². The third-order valence-electron chi connectivity index (χ3n) is 2.25. The SMILES string of the molecule is O=[C]c1cccc2cccc(C(=O)O)c12. The number of benzene rings is 2. The summed E-state index contributed by atoms with van der Waals surface area (Å²) in [5.74, 6) is -1.04. The van der Waals surface area contributed by atoms with Gasteiger partial charge < -0.3 is 5.11 Å². The number of carbonyl (C=O) groups excluding carboxylic acids is 1. The Kier molecular flexibility index (Phi) is 2.21. The van der Waals surface area contributed by atoms with Gasteiger partial charge in [-0.2, -0.15) is 0 Å². The van der Waals surface area contributed by atoms with Gasteiger partial charge in [0.15, 0.2) is 0 Å². The lowest BCUT2D eigenvalue weighted by Crippen LogP contribution is -1.99. The van der Waals surface area contributed by atoms with Crippen molar-refractivity contribution in [1.29, 1.82) is 0 Å². The summed E-state index contributed by atoms with van der Waals surface area (Å²) in [5, 5.41) is 10.2. The number of hydrogen-bond acceptors (Lipinski definition) is 2. The molecule has 0 bridgehead atoms. The number of carboxylic acid groups (broad SMARTS) is 1. The van der Waals surface area contributed by atoms with Crippen LogP contribution in [0.25, 0.3) is 10.8 Å². The zero-order valence-electron chi connectivity index (χ0n) is 7.73. The molecule has 1 N–H and O–H groups in total. The van der Waals surface area contributed by atoms with Crippen molar-refractivity contribution in [3.63, 3.8) is 0 Å². The normalized spacial score (nSPS) is 10.1. The van der Waals surface area contributed by atoms with Crippen molar-refractivity contribution < 1.29 is 14.7 Å². The first-order chi connectivity index (χ1) is 7.24. The third-order valence-corrected chi connectivity index (χ3v) is 2.25. The smallest absolute Gasteiger partial charge is 0.336 e. The van der Waals surface area contributed by atoms with Crippen molar-refractivity contribution in [3.8, 4) is 0 Å². The molecule has 1 radical (unpaired) electrons. The van der Waals surface area contributed by atoms with Gasteiger partial charge in [-0.1, -0.05) is 30.3 Å². The molecule has 0 spiro atoms. The number of carbonyl (C=O) groups is 1. The molecule has 0 unspecified atom stereocenters. The zero-order chi connectivity index (χ0) is 10.8. The van der Waals surface area contributed by atoms with Gasteiger partial charge in [0.05, 0.1) is 5.56 Å². The molecule has 0 heterocycles. The molecule has 0 aliphatic heterocycles. The van der Waals surface area contributed by atoms with Gasteiger partial charge in [-0.15, -0.1) is 0 Å². The topological polar surface area (TPSA) is 54.4 Å². The largest absolute Gasteiger partial charge is 0.478 e. The van der Waals surface area contributed by atoms with Crippen molar-refractivity contribution in [2.45, 2.75) is 0 Å². The number of carboxylic acids is 1. The summed E-state index contributed by atoms with van der Waals surface area (Å²) < 4.78 is 0. The van der Waals surface area contributed by atoms with Gasteiger partial charge in [0.1, 0.15) is 0 Å². The summed E-state index contributed by atoms with van der Waals surface area (Å²) in [6.45, 7) is 0. The second-order valence-corrected chi connectivity index (χ2v) is 3.12. The van der Waals surface area contributed by atoms with Gasteiger partial charge in [-0.3, -0.25) is 4.79 Å². The van der Waals surface area contributed by atoms with E-state index >= 15 is 0 Å². The first-order valence-electron chi connectivity index (χ1n) is 4.37. The Balaban J connectivity index is 2.93. The number of fused-ring (bicyclic) bond motifs is 1. The van der Waals surface area contributed by atoms with E-state index in [1.165, 1.54) is 6.07 Å². The standard InChI is InChI=1S/C12H7O3/c13-7-9-5-1-3-8-4-2-6-10(11(8)9)12(14)15/h1-6H,(H,14,15). The minimum atomic E-state index is -1.04. The van der Waals surface area contributed by atoms with Gasteiger partial charge >= 0.3 is 5.97 Å². The van der Waals surface area contributed by atoms with Crippen LogP contribution in [0.1, 0.15) is 15.9 Å². The summed E-state index contributed by atoms with van der Waals surface area (Å²) in [6.07, 6.45) is 1.75. The van der Waals surface area contributed by atoms with Gasteiger partial charge in [0.2, 0.25) is 6.29 Å². The Morgan fingerprint density at radius 1 is 1.13 bits per heavy atom. The van der Waals surface area contributed by atoms with Crippen LogP contribution in [-0.2, 0) is 4.79 Å². The van der Waals surface area contributed by atoms with Crippen LogP contribution in [0.5, 0.6) is 0 Å². The first-order valence-corrected chi connectivity index (χ1v) is 4.37. The van der Waals surface area contributed by atoms with Crippen molar-refractivity contribution in [2.24, 2.45) is 0 Å². The lowest BCUT2D eigenvalue weighted by molar-refractivity contribution is 0.0699. The zero-order valence-corrected chi connectivity index (χ0v) is 7.73. The molecule has 0 aliphatic rings. The Morgan fingerprint density at radius 2 is 1.80 bits per heavy atom. The molecule has 0 saturated carbocycles. The fourth-order valence-electron chi connectivity index (χ4n) is 1.60. The highest BCUT2D eigenvalue weighted by atomic mass is 16.4. The quantitative estimate of drug-likeness (QED) is 0.804. The van der Waals surface area contributed by atoms with Crippen molar-refractivity contribution in [3.05, 3.63) is 47.5 Å². The lowest BCUT2D eigenvalue weighted by Gasteiger charge is -2.03. The fourth-order valence-corrected chi connectivity index (χ4v) is 1.60. The van der Waals surface area contributed by atoms with Crippen LogP contribution in [0.15, 0.2) is 36.4 Å². The molecule has 0 aliphatic carbocycles. The van der Waals surface area contributed by atoms with Crippen molar-refractivity contribution in [1.82, 2.24) is 0 Å². The van der Waals surface area contributed by atoms with Crippen LogP contribution >= 0.6 is 0 Å². The molecule has 0 saturated heterocycles. The Bertz CT molecular complexity index is 538. The summed E-state index contributed by atoms with van der Waals surface area (Å²) in [5.41, 5.74) is 0.414. The van der Waals surface area contributed by atoms with E-state index in [1.807, 2.05) is 0 Å². The predicted octanol–water partition coefficient (Wildman–Crippen LogP) is 2.00. The maximum absolute atomic E-state index is 11.0. The van der Waals surface area contributed by atoms with Crippen LogP contribution in [0.4, 0.5) is 0 Å². The van der Waals surface area contributed by atoms with Crippen LogP contribution in [0.2, 0.25) is 0 Å². The molecule has 0 amide bonds. The molecule has 0 fully saturated rings. The Labute approximate surface area is 86.0 Å². The summed E-state index contributed by atoms with van der Waals surface area (Å²) in [4.78, 5) is 21.6. The molecule has 3 nitrogen and oxygen atoms in total. The van der Waals surface area contributed by atoms with Crippen LogP contribution < -0.4 is 0 Å². The van der Waals surface area contributed by atoms with Crippen molar-refractivity contribution >= 4 is 23.0 Å². The number of aromatic carboxylic acids is 1. The van der Waals surface area contributed by atoms with Gasteiger partial charge in [0, 0.05) is 10.9 Å². The van der Waals surface area contributed by atoms with Crippen molar-refractivity contribution in [2.75, 3.05) is 0 Å². The predicted molar refractivity (Wildman–Crippen MR) is 55.7 cm³/mol. The molecule has 15 heavy (non-hydrogen) atoms. The second kappa shape index (κ2) is 3.53. The average molecular weight is 199 g/mol. The van der Waals surface area contributed by atoms with E-state index in [0.29, 0.717) is 5.39 Å². The molecule has 3 heteroatoms. The summed E-state index contributed by atoms with van der Waals surface area (Å²) >= 11 is 0. The Hall–Kier alpha value is -2.16. The summed E-state index contributed by atoms with van der Waals surface area (Å²) in [6, 6.07) is 9.92. The first kappa shape index (κ1) is 9.40. The summed E-state index contributed by atoms with van der Waals surface area (Å²) in [7, 11) is 0. The maximum Gasteiger partial charge on any atom is 0.336 e. The molecule has 0 aromatic heterocycles. The highest BCUT2D eigenvalue weighted by Crippen LogP contribution is 2.21. The molecule has 2 aromatic carbocycles. The molecular formula is C12H7O3. The van der Waals surface area contributed by atoms with Crippen LogP contribution in [0, 0.1) is 0 Å². The minimum absolute atomic E-state index is 0.131. The van der Waals surface area contributed by atoms with E-state index in [1.54, 1.807) is 36.6 Å².